The number of aromatic nitrogens is 1. The lowest BCUT2D eigenvalue weighted by Crippen LogP contribution is -2.13. The van der Waals surface area contributed by atoms with Gasteiger partial charge in [-0.3, -0.25) is 4.79 Å². The Labute approximate surface area is 107 Å². The SMILES string of the molecule is Cc1cc(Br)ccc1NC(=O)c1ocnc1C. The van der Waals surface area contributed by atoms with E-state index < -0.39 is 0 Å². The lowest BCUT2D eigenvalue weighted by atomic mass is 10.2. The van der Waals surface area contributed by atoms with Crippen molar-refractivity contribution in [2.45, 2.75) is 13.8 Å². The molecule has 5 heteroatoms. The molecule has 1 heterocycles. The van der Waals surface area contributed by atoms with Crippen LogP contribution in [0.25, 0.3) is 0 Å². The minimum absolute atomic E-state index is 0.243. The summed E-state index contributed by atoms with van der Waals surface area (Å²) in [5.41, 5.74) is 2.32. The summed E-state index contributed by atoms with van der Waals surface area (Å²) in [6.45, 7) is 3.65. The zero-order valence-corrected chi connectivity index (χ0v) is 11.0. The molecule has 2 rings (SSSR count). The topological polar surface area (TPSA) is 55.1 Å². The number of aryl methyl sites for hydroxylation is 2. The molecule has 0 saturated heterocycles. The number of anilines is 1. The molecular formula is C12H11BrN2O2. The monoisotopic (exact) mass is 294 g/mol. The highest BCUT2D eigenvalue weighted by Crippen LogP contribution is 2.21. The molecule has 17 heavy (non-hydrogen) atoms. The maximum absolute atomic E-state index is 11.9. The number of amides is 1. The molecule has 0 aliphatic rings. The quantitative estimate of drug-likeness (QED) is 0.924. The van der Waals surface area contributed by atoms with Crippen molar-refractivity contribution in [1.82, 2.24) is 4.98 Å². The molecule has 0 spiro atoms. The highest BCUT2D eigenvalue weighted by atomic mass is 79.9. The zero-order chi connectivity index (χ0) is 12.4. The van der Waals surface area contributed by atoms with Crippen molar-refractivity contribution in [1.29, 1.82) is 0 Å². The number of carbonyl (C=O) groups is 1. The summed E-state index contributed by atoms with van der Waals surface area (Å²) in [5, 5.41) is 2.79. The molecule has 0 saturated carbocycles. The van der Waals surface area contributed by atoms with E-state index in [2.05, 4.69) is 26.2 Å². The first-order valence-corrected chi connectivity index (χ1v) is 5.85. The molecular weight excluding hydrogens is 284 g/mol. The van der Waals surface area contributed by atoms with E-state index in [0.717, 1.165) is 15.7 Å². The van der Waals surface area contributed by atoms with Crippen LogP contribution in [-0.4, -0.2) is 10.9 Å². The fraction of sp³-hybridized carbons (Fsp3) is 0.167. The highest BCUT2D eigenvalue weighted by molar-refractivity contribution is 9.10. The number of nitrogens with one attached hydrogen (secondary N) is 1. The number of hydrogen-bond acceptors (Lipinski definition) is 3. The van der Waals surface area contributed by atoms with Crippen molar-refractivity contribution < 1.29 is 9.21 Å². The number of carbonyl (C=O) groups excluding carboxylic acids is 1. The van der Waals surface area contributed by atoms with Gasteiger partial charge in [0.2, 0.25) is 5.76 Å². The standard InChI is InChI=1S/C12H11BrN2O2/c1-7-5-9(13)3-4-10(7)15-12(16)11-8(2)14-6-17-11/h3-6H,1-2H3,(H,15,16). The van der Waals surface area contributed by atoms with Gasteiger partial charge in [-0.1, -0.05) is 15.9 Å². The van der Waals surface area contributed by atoms with Gasteiger partial charge in [-0.25, -0.2) is 4.98 Å². The number of rotatable bonds is 2. The molecule has 4 nitrogen and oxygen atoms in total. The molecule has 1 aromatic heterocycles. The van der Waals surface area contributed by atoms with Crippen LogP contribution in [-0.2, 0) is 0 Å². The van der Waals surface area contributed by atoms with Crippen LogP contribution in [0.4, 0.5) is 5.69 Å². The van der Waals surface area contributed by atoms with Crippen LogP contribution in [0.1, 0.15) is 21.8 Å². The van der Waals surface area contributed by atoms with Gasteiger partial charge in [0, 0.05) is 10.2 Å². The van der Waals surface area contributed by atoms with E-state index in [0.29, 0.717) is 5.69 Å². The predicted octanol–water partition coefficient (Wildman–Crippen LogP) is 3.31. The van der Waals surface area contributed by atoms with Gasteiger partial charge >= 0.3 is 0 Å². The second kappa shape index (κ2) is 4.71. The van der Waals surface area contributed by atoms with Gasteiger partial charge in [0.25, 0.3) is 5.91 Å². The van der Waals surface area contributed by atoms with Crippen LogP contribution in [0.2, 0.25) is 0 Å². The molecule has 1 N–H and O–H groups in total. The number of nitrogens with zero attached hydrogens (tertiary/aromatic N) is 1. The van der Waals surface area contributed by atoms with E-state index in [1.165, 1.54) is 6.39 Å². The van der Waals surface area contributed by atoms with Crippen LogP contribution in [0.15, 0.2) is 33.5 Å². The molecule has 0 radical (unpaired) electrons. The summed E-state index contributed by atoms with van der Waals surface area (Å²) in [4.78, 5) is 15.8. The second-order valence-corrected chi connectivity index (χ2v) is 4.60. The van der Waals surface area contributed by atoms with Crippen molar-refractivity contribution in [2.24, 2.45) is 0 Å². The Kier molecular flexibility index (Phi) is 3.28. The first-order chi connectivity index (χ1) is 8.08. The fourth-order valence-corrected chi connectivity index (χ4v) is 1.94. The lowest BCUT2D eigenvalue weighted by molar-refractivity contribution is 0.0996. The summed E-state index contributed by atoms with van der Waals surface area (Å²) >= 11 is 3.37. The molecule has 2 aromatic rings. The van der Waals surface area contributed by atoms with Crippen molar-refractivity contribution in [3.8, 4) is 0 Å². The lowest BCUT2D eigenvalue weighted by Gasteiger charge is -2.07. The normalized spacial score (nSPS) is 10.3. The molecule has 0 bridgehead atoms. The Morgan fingerprint density at radius 1 is 1.41 bits per heavy atom. The number of halogens is 1. The van der Waals surface area contributed by atoms with Crippen molar-refractivity contribution >= 4 is 27.5 Å². The first kappa shape index (κ1) is 11.9. The number of hydrogen-bond donors (Lipinski definition) is 1. The Hall–Kier alpha value is -1.62. The third-order valence-corrected chi connectivity index (χ3v) is 2.88. The molecule has 0 aliphatic heterocycles. The first-order valence-electron chi connectivity index (χ1n) is 5.05. The minimum Gasteiger partial charge on any atom is -0.438 e. The molecule has 0 fully saturated rings. The Balaban J connectivity index is 2.22. The van der Waals surface area contributed by atoms with E-state index in [-0.39, 0.29) is 11.7 Å². The van der Waals surface area contributed by atoms with Crippen LogP contribution in [0.5, 0.6) is 0 Å². The van der Waals surface area contributed by atoms with E-state index in [9.17, 15) is 4.79 Å². The fourth-order valence-electron chi connectivity index (χ4n) is 1.47. The minimum atomic E-state index is -0.287. The molecule has 1 aromatic carbocycles. The molecule has 0 aliphatic carbocycles. The van der Waals surface area contributed by atoms with Gasteiger partial charge in [0.15, 0.2) is 6.39 Å². The van der Waals surface area contributed by atoms with Gasteiger partial charge in [0.1, 0.15) is 0 Å². The van der Waals surface area contributed by atoms with E-state index in [1.807, 2.05) is 25.1 Å². The van der Waals surface area contributed by atoms with E-state index in [4.69, 9.17) is 4.42 Å². The van der Waals surface area contributed by atoms with Gasteiger partial charge in [0.05, 0.1) is 5.69 Å². The molecule has 88 valence electrons. The highest BCUT2D eigenvalue weighted by Gasteiger charge is 2.14. The van der Waals surface area contributed by atoms with Gasteiger partial charge in [-0.15, -0.1) is 0 Å². The molecule has 0 unspecified atom stereocenters. The van der Waals surface area contributed by atoms with Crippen LogP contribution in [0, 0.1) is 13.8 Å². The van der Waals surface area contributed by atoms with Crippen LogP contribution < -0.4 is 5.32 Å². The summed E-state index contributed by atoms with van der Waals surface area (Å²) in [7, 11) is 0. The van der Waals surface area contributed by atoms with Gasteiger partial charge in [-0.2, -0.15) is 0 Å². The van der Waals surface area contributed by atoms with Gasteiger partial charge in [-0.05, 0) is 37.6 Å². The van der Waals surface area contributed by atoms with E-state index >= 15 is 0 Å². The van der Waals surface area contributed by atoms with Crippen LogP contribution >= 0.6 is 15.9 Å². The van der Waals surface area contributed by atoms with Crippen LogP contribution in [0.3, 0.4) is 0 Å². The van der Waals surface area contributed by atoms with Crippen molar-refractivity contribution in [2.75, 3.05) is 5.32 Å². The smallest absolute Gasteiger partial charge is 0.293 e. The molecule has 1 amide bonds. The number of oxazole rings is 1. The van der Waals surface area contributed by atoms with E-state index in [1.54, 1.807) is 6.92 Å². The summed E-state index contributed by atoms with van der Waals surface area (Å²) in [5.74, 6) is -0.0438. The summed E-state index contributed by atoms with van der Waals surface area (Å²) < 4.78 is 6.01. The van der Waals surface area contributed by atoms with Crippen molar-refractivity contribution in [3.05, 3.63) is 46.1 Å². The zero-order valence-electron chi connectivity index (χ0n) is 9.45. The third-order valence-electron chi connectivity index (χ3n) is 2.39. The second-order valence-electron chi connectivity index (χ2n) is 3.68. The summed E-state index contributed by atoms with van der Waals surface area (Å²) in [6, 6.07) is 5.64. The average Bonchev–Trinajstić information content (AvgIpc) is 2.68. The average molecular weight is 295 g/mol. The Morgan fingerprint density at radius 3 is 2.76 bits per heavy atom. The Bertz CT molecular complexity index is 563. The number of benzene rings is 1. The third kappa shape index (κ3) is 2.55. The van der Waals surface area contributed by atoms with Gasteiger partial charge < -0.3 is 9.73 Å². The summed E-state index contributed by atoms with van der Waals surface area (Å²) in [6.07, 6.45) is 1.26. The predicted molar refractivity (Wildman–Crippen MR) is 68.1 cm³/mol. The van der Waals surface area contributed by atoms with Crippen molar-refractivity contribution in [3.63, 3.8) is 0 Å². The maximum Gasteiger partial charge on any atom is 0.293 e. The molecule has 0 atom stereocenters. The Morgan fingerprint density at radius 2 is 2.18 bits per heavy atom. The largest absolute Gasteiger partial charge is 0.438 e. The maximum atomic E-state index is 11.9.